The van der Waals surface area contributed by atoms with Crippen molar-refractivity contribution in [3.05, 3.63) is 178 Å². The number of fused-ring (bicyclic) bond motifs is 1. The summed E-state index contributed by atoms with van der Waals surface area (Å²) in [5.74, 6) is 0.173. The lowest BCUT2D eigenvalue weighted by molar-refractivity contribution is 0.927. The summed E-state index contributed by atoms with van der Waals surface area (Å²) >= 11 is 0. The Morgan fingerprint density at radius 3 is 2.24 bits per heavy atom. The summed E-state index contributed by atoms with van der Waals surface area (Å²) in [5, 5.41) is 2.58. The molecule has 1 heteroatoms. The molecule has 0 aliphatic carbocycles. The van der Waals surface area contributed by atoms with E-state index in [1.807, 2.05) is 25.4 Å². The minimum atomic E-state index is 0.173. The van der Waals surface area contributed by atoms with E-state index in [9.17, 15) is 0 Å². The predicted molar refractivity (Wildman–Crippen MR) is 217 cm³/mol. The molecule has 0 aliphatic heterocycles. The molecule has 0 aromatic heterocycles. The SMILES string of the molecule is C/C=C\N=C/Cc1ccccc1-c1cccc2c(C(C)c3ccccc3/C(=C(/C=C\CC)CC)c3ccc(C)c(/C=C\CC)c3)cccc12. The summed E-state index contributed by atoms with van der Waals surface area (Å²) in [4.78, 5) is 4.44. The van der Waals surface area contributed by atoms with Gasteiger partial charge in [-0.1, -0.05) is 155 Å². The second-order valence-corrected chi connectivity index (χ2v) is 12.7. The lowest BCUT2D eigenvalue weighted by Crippen LogP contribution is -2.04. The molecule has 49 heavy (non-hydrogen) atoms. The molecule has 0 saturated heterocycles. The Hall–Kier alpha value is -5.01. The molecule has 5 aromatic rings. The molecule has 248 valence electrons. The highest BCUT2D eigenvalue weighted by molar-refractivity contribution is 6.00. The fourth-order valence-corrected chi connectivity index (χ4v) is 6.85. The molecule has 0 amide bonds. The lowest BCUT2D eigenvalue weighted by Gasteiger charge is -2.23. The van der Waals surface area contributed by atoms with E-state index in [4.69, 9.17) is 0 Å². The Labute approximate surface area is 295 Å². The Morgan fingerprint density at radius 2 is 1.45 bits per heavy atom. The van der Waals surface area contributed by atoms with Crippen molar-refractivity contribution in [2.24, 2.45) is 4.99 Å². The topological polar surface area (TPSA) is 12.4 Å². The molecule has 5 rings (SSSR count). The van der Waals surface area contributed by atoms with Crippen molar-refractivity contribution in [3.8, 4) is 11.1 Å². The van der Waals surface area contributed by atoms with Crippen LogP contribution in [0.2, 0.25) is 0 Å². The van der Waals surface area contributed by atoms with Crippen LogP contribution in [-0.2, 0) is 6.42 Å². The van der Waals surface area contributed by atoms with E-state index in [-0.39, 0.29) is 5.92 Å². The average molecular weight is 642 g/mol. The first-order valence-electron chi connectivity index (χ1n) is 18.0. The Bertz CT molecular complexity index is 2030. The molecular formula is C48H51N. The largest absolute Gasteiger partial charge is 0.269 e. The van der Waals surface area contributed by atoms with Gasteiger partial charge < -0.3 is 0 Å². The van der Waals surface area contributed by atoms with Crippen molar-refractivity contribution in [2.75, 3.05) is 0 Å². The van der Waals surface area contributed by atoms with Crippen molar-refractivity contribution in [2.45, 2.75) is 73.1 Å². The van der Waals surface area contributed by atoms with Crippen molar-refractivity contribution in [1.29, 1.82) is 0 Å². The lowest BCUT2D eigenvalue weighted by atomic mass is 9.81. The number of nitrogens with zero attached hydrogens (tertiary/aromatic N) is 1. The van der Waals surface area contributed by atoms with Crippen molar-refractivity contribution in [3.63, 3.8) is 0 Å². The van der Waals surface area contributed by atoms with E-state index >= 15 is 0 Å². The summed E-state index contributed by atoms with van der Waals surface area (Å²) in [6.45, 7) is 13.3. The zero-order valence-electron chi connectivity index (χ0n) is 30.2. The van der Waals surface area contributed by atoms with E-state index in [0.29, 0.717) is 0 Å². The molecule has 0 aliphatic rings. The predicted octanol–water partition coefficient (Wildman–Crippen LogP) is 13.7. The number of rotatable bonds is 13. The van der Waals surface area contributed by atoms with Gasteiger partial charge in [0.1, 0.15) is 0 Å². The van der Waals surface area contributed by atoms with Gasteiger partial charge in [0.2, 0.25) is 0 Å². The van der Waals surface area contributed by atoms with Crippen LogP contribution in [0.15, 0.2) is 144 Å². The highest BCUT2D eigenvalue weighted by Crippen LogP contribution is 2.41. The summed E-state index contributed by atoms with van der Waals surface area (Å²) < 4.78 is 0. The highest BCUT2D eigenvalue weighted by atomic mass is 14.7. The van der Waals surface area contributed by atoms with E-state index in [1.165, 1.54) is 72.0 Å². The normalized spacial score (nSPS) is 13.3. The first kappa shape index (κ1) is 35.3. The average Bonchev–Trinajstić information content (AvgIpc) is 3.14. The van der Waals surface area contributed by atoms with Crippen LogP contribution in [0, 0.1) is 6.92 Å². The van der Waals surface area contributed by atoms with Crippen LogP contribution in [0.3, 0.4) is 0 Å². The van der Waals surface area contributed by atoms with E-state index < -0.39 is 0 Å². The third kappa shape index (κ3) is 8.18. The first-order valence-corrected chi connectivity index (χ1v) is 18.0. The molecule has 0 saturated carbocycles. The summed E-state index contributed by atoms with van der Waals surface area (Å²) in [7, 11) is 0. The Morgan fingerprint density at radius 1 is 0.735 bits per heavy atom. The van der Waals surface area contributed by atoms with Gasteiger partial charge in [-0.05, 0) is 111 Å². The van der Waals surface area contributed by atoms with Crippen LogP contribution in [0.1, 0.15) is 98.7 Å². The first-order chi connectivity index (χ1) is 24.0. The number of aryl methyl sites for hydroxylation is 1. The number of aliphatic imine (C=N–C) groups is 1. The molecule has 1 unspecified atom stereocenters. The van der Waals surface area contributed by atoms with E-state index in [0.717, 1.165) is 25.7 Å². The Balaban J connectivity index is 1.68. The van der Waals surface area contributed by atoms with Crippen LogP contribution in [0.5, 0.6) is 0 Å². The Kier molecular flexibility index (Phi) is 12.5. The standard InChI is InChI=1S/C48H51N/c1-7-11-19-37(10-4)48(40-30-29-35(5)39(34-40)20-12-8-2)47-24-16-15-22-42(47)36(6)41-25-17-28-46-44(41)26-18-27-45(46)43-23-14-13-21-38(43)31-33-49-32-9-3/h9,11-30,32-34,36H,7-8,10,31H2,1-6H3/b19-11-,20-12-,32-9-,48-37+,49-33-. The summed E-state index contributed by atoms with van der Waals surface area (Å²) in [6, 6.07) is 38.4. The quantitative estimate of drug-likeness (QED) is 0.0896. The zero-order valence-corrected chi connectivity index (χ0v) is 30.2. The minimum Gasteiger partial charge on any atom is -0.269 e. The maximum Gasteiger partial charge on any atom is 0.0221 e. The van der Waals surface area contributed by atoms with Gasteiger partial charge in [0.05, 0.1) is 0 Å². The third-order valence-corrected chi connectivity index (χ3v) is 9.44. The molecule has 5 aromatic carbocycles. The molecule has 0 bridgehead atoms. The minimum absolute atomic E-state index is 0.173. The highest BCUT2D eigenvalue weighted by Gasteiger charge is 2.21. The molecule has 0 spiro atoms. The van der Waals surface area contributed by atoms with Crippen LogP contribution in [0.4, 0.5) is 0 Å². The number of hydrogen-bond donors (Lipinski definition) is 0. The van der Waals surface area contributed by atoms with Gasteiger partial charge in [0.25, 0.3) is 0 Å². The van der Waals surface area contributed by atoms with Crippen LogP contribution in [-0.4, -0.2) is 6.21 Å². The van der Waals surface area contributed by atoms with Crippen LogP contribution < -0.4 is 0 Å². The fraction of sp³-hybridized carbons (Fsp3) is 0.229. The monoisotopic (exact) mass is 641 g/mol. The van der Waals surface area contributed by atoms with Gasteiger partial charge >= 0.3 is 0 Å². The molecule has 0 N–H and O–H groups in total. The van der Waals surface area contributed by atoms with Crippen molar-refractivity contribution < 1.29 is 0 Å². The van der Waals surface area contributed by atoms with E-state index in [1.54, 1.807) is 0 Å². The molecule has 1 atom stereocenters. The number of benzene rings is 5. The number of hydrogen-bond acceptors (Lipinski definition) is 1. The zero-order chi connectivity index (χ0) is 34.6. The number of allylic oxidation sites excluding steroid dienone is 5. The molecule has 0 radical (unpaired) electrons. The molecular weight excluding hydrogens is 591 g/mol. The van der Waals surface area contributed by atoms with Gasteiger partial charge in [0.15, 0.2) is 0 Å². The van der Waals surface area contributed by atoms with Gasteiger partial charge in [-0.15, -0.1) is 0 Å². The van der Waals surface area contributed by atoms with Gasteiger partial charge in [-0.3, -0.25) is 4.99 Å². The van der Waals surface area contributed by atoms with Crippen LogP contribution in [0.25, 0.3) is 33.5 Å². The van der Waals surface area contributed by atoms with Crippen LogP contribution >= 0.6 is 0 Å². The van der Waals surface area contributed by atoms with Crippen molar-refractivity contribution >= 4 is 28.6 Å². The van der Waals surface area contributed by atoms with Gasteiger partial charge in [0, 0.05) is 24.8 Å². The summed E-state index contributed by atoms with van der Waals surface area (Å²) in [5.41, 5.74) is 14.4. The smallest absolute Gasteiger partial charge is 0.0221 e. The second kappa shape index (κ2) is 17.4. The summed E-state index contributed by atoms with van der Waals surface area (Å²) in [6.07, 6.45) is 18.8. The van der Waals surface area contributed by atoms with E-state index in [2.05, 4.69) is 167 Å². The molecule has 0 fully saturated rings. The maximum atomic E-state index is 4.44. The third-order valence-electron chi connectivity index (χ3n) is 9.44. The van der Waals surface area contributed by atoms with Gasteiger partial charge in [-0.2, -0.15) is 0 Å². The van der Waals surface area contributed by atoms with Gasteiger partial charge in [-0.25, -0.2) is 0 Å². The molecule has 0 heterocycles. The molecule has 1 nitrogen and oxygen atoms in total. The maximum absolute atomic E-state index is 4.44. The fourth-order valence-electron chi connectivity index (χ4n) is 6.85. The second-order valence-electron chi connectivity index (χ2n) is 12.7. The van der Waals surface area contributed by atoms with Crippen molar-refractivity contribution in [1.82, 2.24) is 0 Å².